The zero-order valence-corrected chi connectivity index (χ0v) is 14.7. The topological polar surface area (TPSA) is 39.7 Å². The molecule has 0 saturated carbocycles. The van der Waals surface area contributed by atoms with Crippen LogP contribution in [0.15, 0.2) is 42.5 Å². The average Bonchev–Trinajstić information content (AvgIpc) is 2.61. The Morgan fingerprint density at radius 2 is 2.08 bits per heavy atom. The second-order valence-corrected chi connectivity index (χ2v) is 6.30. The van der Waals surface area contributed by atoms with E-state index in [0.29, 0.717) is 23.1 Å². The van der Waals surface area contributed by atoms with Gasteiger partial charge < -0.3 is 19.5 Å². The summed E-state index contributed by atoms with van der Waals surface area (Å²) in [6.07, 6.45) is -0.365. The Morgan fingerprint density at radius 1 is 1.21 bits per heavy atom. The van der Waals surface area contributed by atoms with E-state index in [9.17, 15) is 0 Å². The maximum atomic E-state index is 6.32. The molecule has 1 unspecified atom stereocenters. The van der Waals surface area contributed by atoms with Crippen LogP contribution < -0.4 is 14.8 Å². The monoisotopic (exact) mass is 347 g/mol. The molecule has 3 rings (SSSR count). The standard InChI is InChI=1S/C19H22ClNO3/c1-13-6-7-16(17(10-13)22-2)24-19(18-12-21-8-9-23-18)14-4-3-5-15(20)11-14/h3-7,10-11,18-19,21H,8-9,12H2,1-2H3/t18?,19-/m0/s1. The van der Waals surface area contributed by atoms with Gasteiger partial charge in [0.15, 0.2) is 17.6 Å². The van der Waals surface area contributed by atoms with E-state index in [-0.39, 0.29) is 12.2 Å². The van der Waals surface area contributed by atoms with Crippen LogP contribution in [0.3, 0.4) is 0 Å². The first-order valence-electron chi connectivity index (χ1n) is 8.06. The SMILES string of the molecule is COc1cc(C)ccc1O[C@@H](c1cccc(Cl)c1)C1CNCCO1. The lowest BCUT2D eigenvalue weighted by molar-refractivity contribution is -0.0438. The molecule has 1 N–H and O–H groups in total. The van der Waals surface area contributed by atoms with E-state index in [1.165, 1.54) is 0 Å². The summed E-state index contributed by atoms with van der Waals surface area (Å²) in [5.41, 5.74) is 2.10. The summed E-state index contributed by atoms with van der Waals surface area (Å²) in [4.78, 5) is 0. The first kappa shape index (κ1) is 17.1. The van der Waals surface area contributed by atoms with Gasteiger partial charge in [0, 0.05) is 18.1 Å². The fourth-order valence-corrected chi connectivity index (χ4v) is 3.03. The van der Waals surface area contributed by atoms with Crippen LogP contribution in [0.4, 0.5) is 0 Å². The lowest BCUT2D eigenvalue weighted by Crippen LogP contribution is -2.43. The number of morpholine rings is 1. The highest BCUT2D eigenvalue weighted by Gasteiger charge is 2.29. The van der Waals surface area contributed by atoms with Crippen molar-refractivity contribution in [2.24, 2.45) is 0 Å². The summed E-state index contributed by atoms with van der Waals surface area (Å²) in [5.74, 6) is 1.41. The molecule has 1 saturated heterocycles. The number of halogens is 1. The minimum atomic E-state index is -0.270. The predicted molar refractivity (Wildman–Crippen MR) is 95.2 cm³/mol. The normalized spacial score (nSPS) is 18.9. The van der Waals surface area contributed by atoms with Gasteiger partial charge in [-0.15, -0.1) is 0 Å². The predicted octanol–water partition coefficient (Wildman–Crippen LogP) is 3.77. The maximum absolute atomic E-state index is 6.32. The molecule has 4 nitrogen and oxygen atoms in total. The third kappa shape index (κ3) is 4.01. The van der Waals surface area contributed by atoms with Crippen LogP contribution in [0.25, 0.3) is 0 Å². The summed E-state index contributed by atoms with van der Waals surface area (Å²) in [6.45, 7) is 4.27. The average molecular weight is 348 g/mol. The van der Waals surface area contributed by atoms with Crippen LogP contribution in [0, 0.1) is 6.92 Å². The lowest BCUT2D eigenvalue weighted by Gasteiger charge is -2.32. The van der Waals surface area contributed by atoms with Crippen LogP contribution in [0.2, 0.25) is 5.02 Å². The molecule has 2 aromatic carbocycles. The van der Waals surface area contributed by atoms with Crippen molar-refractivity contribution >= 4 is 11.6 Å². The van der Waals surface area contributed by atoms with Crippen molar-refractivity contribution in [1.29, 1.82) is 0 Å². The molecular weight excluding hydrogens is 326 g/mol. The Hall–Kier alpha value is -1.75. The van der Waals surface area contributed by atoms with Gasteiger partial charge in [-0.1, -0.05) is 29.8 Å². The first-order valence-corrected chi connectivity index (χ1v) is 8.44. The van der Waals surface area contributed by atoms with E-state index in [0.717, 1.165) is 24.2 Å². The Labute approximate surface area is 147 Å². The summed E-state index contributed by atoms with van der Waals surface area (Å²) >= 11 is 6.17. The van der Waals surface area contributed by atoms with Gasteiger partial charge >= 0.3 is 0 Å². The van der Waals surface area contributed by atoms with Gasteiger partial charge in [0.2, 0.25) is 0 Å². The second-order valence-electron chi connectivity index (χ2n) is 5.86. The van der Waals surface area contributed by atoms with Crippen LogP contribution in [0.5, 0.6) is 11.5 Å². The summed E-state index contributed by atoms with van der Waals surface area (Å²) in [7, 11) is 1.65. The molecule has 1 aliphatic rings. The van der Waals surface area contributed by atoms with Crippen LogP contribution in [-0.2, 0) is 4.74 Å². The van der Waals surface area contributed by atoms with Crippen LogP contribution in [0.1, 0.15) is 17.2 Å². The molecule has 24 heavy (non-hydrogen) atoms. The molecule has 0 amide bonds. The van der Waals surface area contributed by atoms with Crippen molar-refractivity contribution in [1.82, 2.24) is 5.32 Å². The first-order chi connectivity index (χ1) is 11.7. The van der Waals surface area contributed by atoms with E-state index in [2.05, 4.69) is 5.32 Å². The minimum absolute atomic E-state index is 0.0942. The number of hydrogen-bond donors (Lipinski definition) is 1. The molecule has 128 valence electrons. The maximum Gasteiger partial charge on any atom is 0.162 e. The summed E-state index contributed by atoms with van der Waals surface area (Å²) in [6, 6.07) is 13.6. The Bertz CT molecular complexity index is 686. The largest absolute Gasteiger partial charge is 0.493 e. The minimum Gasteiger partial charge on any atom is -0.493 e. The molecule has 2 atom stereocenters. The fourth-order valence-electron chi connectivity index (χ4n) is 2.83. The van der Waals surface area contributed by atoms with Crippen molar-refractivity contribution in [3.05, 3.63) is 58.6 Å². The van der Waals surface area contributed by atoms with Crippen LogP contribution >= 0.6 is 11.6 Å². The van der Waals surface area contributed by atoms with E-state index < -0.39 is 0 Å². The highest BCUT2D eigenvalue weighted by Crippen LogP contribution is 2.34. The molecule has 5 heteroatoms. The third-order valence-electron chi connectivity index (χ3n) is 4.04. The molecule has 0 bridgehead atoms. The number of hydrogen-bond acceptors (Lipinski definition) is 4. The van der Waals surface area contributed by atoms with E-state index in [1.54, 1.807) is 7.11 Å². The molecule has 1 heterocycles. The second kappa shape index (κ2) is 7.88. The molecule has 0 spiro atoms. The third-order valence-corrected chi connectivity index (χ3v) is 4.28. The smallest absolute Gasteiger partial charge is 0.162 e. The van der Waals surface area contributed by atoms with Crippen molar-refractivity contribution in [2.45, 2.75) is 19.1 Å². The molecule has 1 aliphatic heterocycles. The van der Waals surface area contributed by atoms with Crippen molar-refractivity contribution in [3.63, 3.8) is 0 Å². The Kier molecular flexibility index (Phi) is 5.61. The van der Waals surface area contributed by atoms with Gasteiger partial charge in [-0.05, 0) is 42.3 Å². The van der Waals surface area contributed by atoms with Crippen molar-refractivity contribution in [3.8, 4) is 11.5 Å². The van der Waals surface area contributed by atoms with Crippen LogP contribution in [-0.4, -0.2) is 32.9 Å². The highest BCUT2D eigenvalue weighted by atomic mass is 35.5. The molecule has 0 radical (unpaired) electrons. The number of methoxy groups -OCH3 is 1. The molecule has 0 aliphatic carbocycles. The van der Waals surface area contributed by atoms with Gasteiger partial charge in [-0.2, -0.15) is 0 Å². The molecular formula is C19H22ClNO3. The number of aryl methyl sites for hydroxylation is 1. The lowest BCUT2D eigenvalue weighted by atomic mass is 10.0. The molecule has 2 aromatic rings. The van der Waals surface area contributed by atoms with Crippen molar-refractivity contribution < 1.29 is 14.2 Å². The number of ether oxygens (including phenoxy) is 3. The summed E-state index contributed by atoms with van der Waals surface area (Å²) in [5, 5.41) is 4.04. The fraction of sp³-hybridized carbons (Fsp3) is 0.368. The van der Waals surface area contributed by atoms with Gasteiger partial charge in [-0.25, -0.2) is 0 Å². The van der Waals surface area contributed by atoms with E-state index in [1.807, 2.05) is 49.4 Å². The number of nitrogens with one attached hydrogen (secondary N) is 1. The zero-order chi connectivity index (χ0) is 16.9. The number of benzene rings is 2. The van der Waals surface area contributed by atoms with E-state index >= 15 is 0 Å². The van der Waals surface area contributed by atoms with Gasteiger partial charge in [-0.3, -0.25) is 0 Å². The van der Waals surface area contributed by atoms with Gasteiger partial charge in [0.25, 0.3) is 0 Å². The van der Waals surface area contributed by atoms with E-state index in [4.69, 9.17) is 25.8 Å². The highest BCUT2D eigenvalue weighted by molar-refractivity contribution is 6.30. The van der Waals surface area contributed by atoms with Gasteiger partial charge in [0.1, 0.15) is 6.10 Å². The van der Waals surface area contributed by atoms with Gasteiger partial charge in [0.05, 0.1) is 13.7 Å². The summed E-state index contributed by atoms with van der Waals surface area (Å²) < 4.78 is 17.7. The molecule has 1 fully saturated rings. The number of rotatable bonds is 5. The molecule has 0 aromatic heterocycles. The Balaban J connectivity index is 1.92. The zero-order valence-electron chi connectivity index (χ0n) is 13.9. The quantitative estimate of drug-likeness (QED) is 0.893. The van der Waals surface area contributed by atoms with Crippen molar-refractivity contribution in [2.75, 3.05) is 26.8 Å². The Morgan fingerprint density at radius 3 is 2.79 bits per heavy atom.